The number of urea groups is 1. The predicted molar refractivity (Wildman–Crippen MR) is 90.1 cm³/mol. The van der Waals surface area contributed by atoms with Gasteiger partial charge in [0.15, 0.2) is 0 Å². The number of carbonyl (C=O) groups excluding carboxylic acids is 1. The molecule has 0 aromatic heterocycles. The predicted octanol–water partition coefficient (Wildman–Crippen LogP) is 3.75. The SMILES string of the molecule is O=C(NCc1ccccc1N1CCCC1)Nc1ccccc1F. The molecule has 2 N–H and O–H groups in total. The Morgan fingerprint density at radius 1 is 1.04 bits per heavy atom. The molecule has 0 radical (unpaired) electrons. The number of carbonyl (C=O) groups is 1. The second-order valence-electron chi connectivity index (χ2n) is 5.61. The van der Waals surface area contributed by atoms with Crippen molar-refractivity contribution >= 4 is 17.4 Å². The summed E-state index contributed by atoms with van der Waals surface area (Å²) in [5.74, 6) is -0.444. The zero-order chi connectivity index (χ0) is 16.1. The zero-order valence-corrected chi connectivity index (χ0v) is 12.9. The first kappa shape index (κ1) is 15.3. The topological polar surface area (TPSA) is 44.4 Å². The summed E-state index contributed by atoms with van der Waals surface area (Å²) in [5.41, 5.74) is 2.41. The van der Waals surface area contributed by atoms with Crippen molar-refractivity contribution in [2.75, 3.05) is 23.3 Å². The molecule has 5 heteroatoms. The summed E-state index contributed by atoms with van der Waals surface area (Å²) in [6.07, 6.45) is 2.41. The molecule has 1 heterocycles. The lowest BCUT2D eigenvalue weighted by molar-refractivity contribution is 0.251. The highest BCUT2D eigenvalue weighted by atomic mass is 19.1. The van der Waals surface area contributed by atoms with E-state index in [4.69, 9.17) is 0 Å². The van der Waals surface area contributed by atoms with Gasteiger partial charge in [0.1, 0.15) is 5.82 Å². The van der Waals surface area contributed by atoms with E-state index in [2.05, 4.69) is 21.6 Å². The van der Waals surface area contributed by atoms with Crippen LogP contribution < -0.4 is 15.5 Å². The fourth-order valence-electron chi connectivity index (χ4n) is 2.83. The molecule has 1 aliphatic rings. The van der Waals surface area contributed by atoms with E-state index < -0.39 is 11.8 Å². The first-order valence-electron chi connectivity index (χ1n) is 7.86. The molecule has 0 aliphatic carbocycles. The molecular formula is C18H20FN3O. The van der Waals surface area contributed by atoms with Gasteiger partial charge in [0.25, 0.3) is 0 Å². The molecule has 0 atom stereocenters. The van der Waals surface area contributed by atoms with Crippen LogP contribution in [0.15, 0.2) is 48.5 Å². The lowest BCUT2D eigenvalue weighted by Gasteiger charge is -2.21. The van der Waals surface area contributed by atoms with Crippen LogP contribution in [0.25, 0.3) is 0 Å². The Balaban J connectivity index is 1.62. The van der Waals surface area contributed by atoms with Gasteiger partial charge < -0.3 is 15.5 Å². The van der Waals surface area contributed by atoms with Crippen LogP contribution in [0.2, 0.25) is 0 Å². The molecule has 23 heavy (non-hydrogen) atoms. The van der Waals surface area contributed by atoms with E-state index in [1.165, 1.54) is 25.0 Å². The van der Waals surface area contributed by atoms with Crippen LogP contribution in [-0.2, 0) is 6.54 Å². The maximum atomic E-state index is 13.5. The van der Waals surface area contributed by atoms with Crippen LogP contribution >= 0.6 is 0 Å². The average Bonchev–Trinajstić information content (AvgIpc) is 3.10. The van der Waals surface area contributed by atoms with Gasteiger partial charge in [-0.3, -0.25) is 0 Å². The van der Waals surface area contributed by atoms with Gasteiger partial charge in [-0.15, -0.1) is 0 Å². The monoisotopic (exact) mass is 313 g/mol. The number of halogens is 1. The van der Waals surface area contributed by atoms with Crippen molar-refractivity contribution in [3.8, 4) is 0 Å². The minimum atomic E-state index is -0.444. The first-order valence-corrected chi connectivity index (χ1v) is 7.86. The molecule has 0 bridgehead atoms. The smallest absolute Gasteiger partial charge is 0.319 e. The number of hydrogen-bond acceptors (Lipinski definition) is 2. The van der Waals surface area contributed by atoms with E-state index in [-0.39, 0.29) is 5.69 Å². The van der Waals surface area contributed by atoms with Crippen LogP contribution in [0, 0.1) is 5.82 Å². The molecule has 3 rings (SSSR count). The lowest BCUT2D eigenvalue weighted by atomic mass is 10.1. The molecule has 0 spiro atoms. The summed E-state index contributed by atoms with van der Waals surface area (Å²) >= 11 is 0. The Morgan fingerprint density at radius 3 is 2.52 bits per heavy atom. The van der Waals surface area contributed by atoms with Gasteiger partial charge in [-0.05, 0) is 36.6 Å². The van der Waals surface area contributed by atoms with Crippen molar-refractivity contribution in [2.45, 2.75) is 19.4 Å². The normalized spacial score (nSPS) is 13.9. The van der Waals surface area contributed by atoms with Gasteiger partial charge in [0, 0.05) is 25.3 Å². The summed E-state index contributed by atoms with van der Waals surface area (Å²) in [7, 11) is 0. The van der Waals surface area contributed by atoms with E-state index in [1.807, 2.05) is 18.2 Å². The Bertz CT molecular complexity index is 683. The molecule has 2 aromatic carbocycles. The zero-order valence-electron chi connectivity index (χ0n) is 12.9. The quantitative estimate of drug-likeness (QED) is 0.903. The second kappa shape index (κ2) is 7.13. The second-order valence-corrected chi connectivity index (χ2v) is 5.61. The summed E-state index contributed by atoms with van der Waals surface area (Å²) in [6.45, 7) is 2.52. The van der Waals surface area contributed by atoms with Gasteiger partial charge in [0.05, 0.1) is 5.69 Å². The number of benzene rings is 2. The molecule has 4 nitrogen and oxygen atoms in total. The van der Waals surface area contributed by atoms with E-state index >= 15 is 0 Å². The van der Waals surface area contributed by atoms with Crippen LogP contribution in [0.3, 0.4) is 0 Å². The maximum Gasteiger partial charge on any atom is 0.319 e. The van der Waals surface area contributed by atoms with Crippen molar-refractivity contribution in [3.63, 3.8) is 0 Å². The minimum Gasteiger partial charge on any atom is -0.371 e. The summed E-state index contributed by atoms with van der Waals surface area (Å²) < 4.78 is 13.5. The molecule has 1 saturated heterocycles. The van der Waals surface area contributed by atoms with Crippen molar-refractivity contribution in [3.05, 3.63) is 59.9 Å². The van der Waals surface area contributed by atoms with Crippen LogP contribution in [0.1, 0.15) is 18.4 Å². The third-order valence-corrected chi connectivity index (χ3v) is 4.00. The fourth-order valence-corrected chi connectivity index (χ4v) is 2.83. The van der Waals surface area contributed by atoms with Crippen molar-refractivity contribution in [1.82, 2.24) is 5.32 Å². The molecule has 120 valence electrons. The Hall–Kier alpha value is -2.56. The van der Waals surface area contributed by atoms with Gasteiger partial charge >= 0.3 is 6.03 Å². The standard InChI is InChI=1S/C18H20FN3O/c19-15-8-2-3-9-16(15)21-18(23)20-13-14-7-1-4-10-17(14)22-11-5-6-12-22/h1-4,7-10H,5-6,11-13H2,(H2,20,21,23). The Morgan fingerprint density at radius 2 is 1.74 bits per heavy atom. The van der Waals surface area contributed by atoms with E-state index in [1.54, 1.807) is 12.1 Å². The maximum absolute atomic E-state index is 13.5. The molecule has 2 aromatic rings. The van der Waals surface area contributed by atoms with Crippen molar-refractivity contribution in [2.24, 2.45) is 0 Å². The number of amides is 2. The molecular weight excluding hydrogens is 293 g/mol. The van der Waals surface area contributed by atoms with E-state index in [0.717, 1.165) is 24.3 Å². The van der Waals surface area contributed by atoms with E-state index in [9.17, 15) is 9.18 Å². The highest BCUT2D eigenvalue weighted by Crippen LogP contribution is 2.24. The Labute approximate surface area is 135 Å². The molecule has 2 amide bonds. The molecule has 1 aliphatic heterocycles. The number of hydrogen-bond donors (Lipinski definition) is 2. The summed E-state index contributed by atoms with van der Waals surface area (Å²) in [5, 5.41) is 5.33. The third-order valence-electron chi connectivity index (χ3n) is 4.00. The number of para-hydroxylation sites is 2. The average molecular weight is 313 g/mol. The fraction of sp³-hybridized carbons (Fsp3) is 0.278. The highest BCUT2D eigenvalue weighted by molar-refractivity contribution is 5.89. The van der Waals surface area contributed by atoms with Crippen LogP contribution in [0.4, 0.5) is 20.6 Å². The third kappa shape index (κ3) is 3.80. The molecule has 1 fully saturated rings. The number of rotatable bonds is 4. The number of anilines is 2. The number of nitrogens with one attached hydrogen (secondary N) is 2. The lowest BCUT2D eigenvalue weighted by Crippen LogP contribution is -2.29. The molecule has 0 unspecified atom stereocenters. The highest BCUT2D eigenvalue weighted by Gasteiger charge is 2.15. The van der Waals surface area contributed by atoms with Crippen LogP contribution in [-0.4, -0.2) is 19.1 Å². The van der Waals surface area contributed by atoms with E-state index in [0.29, 0.717) is 6.54 Å². The summed E-state index contributed by atoms with van der Waals surface area (Å²) in [4.78, 5) is 14.3. The summed E-state index contributed by atoms with van der Waals surface area (Å²) in [6, 6.07) is 13.8. The van der Waals surface area contributed by atoms with Crippen LogP contribution in [0.5, 0.6) is 0 Å². The van der Waals surface area contributed by atoms with Crippen molar-refractivity contribution in [1.29, 1.82) is 0 Å². The Kier molecular flexibility index (Phi) is 4.76. The van der Waals surface area contributed by atoms with Gasteiger partial charge in [0.2, 0.25) is 0 Å². The first-order chi connectivity index (χ1) is 11.2. The van der Waals surface area contributed by atoms with Crippen molar-refractivity contribution < 1.29 is 9.18 Å². The molecule has 0 saturated carbocycles. The van der Waals surface area contributed by atoms with Gasteiger partial charge in [-0.1, -0.05) is 30.3 Å². The minimum absolute atomic E-state index is 0.179. The largest absolute Gasteiger partial charge is 0.371 e. The van der Waals surface area contributed by atoms with Gasteiger partial charge in [-0.25, -0.2) is 9.18 Å². The van der Waals surface area contributed by atoms with Gasteiger partial charge in [-0.2, -0.15) is 0 Å². The number of nitrogens with zero attached hydrogens (tertiary/aromatic N) is 1.